The smallest absolute Gasteiger partial charge is 0.323 e. The van der Waals surface area contributed by atoms with Crippen LogP contribution in [0.5, 0.6) is 5.75 Å². The Bertz CT molecular complexity index is 1430. The third-order valence-corrected chi connectivity index (χ3v) is 6.15. The number of carbonyl (C=O) groups excluding carboxylic acids is 1. The van der Waals surface area contributed by atoms with Gasteiger partial charge in [0, 0.05) is 29.9 Å². The minimum absolute atomic E-state index is 0.110. The number of anilines is 2. The molecule has 0 unspecified atom stereocenters. The van der Waals surface area contributed by atoms with Crippen molar-refractivity contribution in [1.29, 1.82) is 0 Å². The molecule has 0 aliphatic heterocycles. The summed E-state index contributed by atoms with van der Waals surface area (Å²) in [6.07, 6.45) is 1.62. The lowest BCUT2D eigenvalue weighted by molar-refractivity contribution is 0.262. The van der Waals surface area contributed by atoms with E-state index in [-0.39, 0.29) is 28.8 Å². The molecule has 180 valence electrons. The molecule has 0 aliphatic carbocycles. The highest BCUT2D eigenvalue weighted by Crippen LogP contribution is 2.35. The molecular formula is C28H30N4O3. The fraction of sp³-hybridized carbons (Fsp3) is 0.250. The van der Waals surface area contributed by atoms with Crippen LogP contribution >= 0.6 is 0 Å². The zero-order valence-corrected chi connectivity index (χ0v) is 20.6. The van der Waals surface area contributed by atoms with E-state index in [0.717, 1.165) is 16.8 Å². The second-order valence-electron chi connectivity index (χ2n) is 9.24. The number of phenolic OH excluding ortho intramolecular Hbond substituents is 1. The molecule has 2 heterocycles. The number of aromatic nitrogens is 2. The predicted molar refractivity (Wildman–Crippen MR) is 141 cm³/mol. The number of amides is 2. The van der Waals surface area contributed by atoms with Crippen LogP contribution in [0.4, 0.5) is 16.2 Å². The van der Waals surface area contributed by atoms with Crippen LogP contribution in [0.2, 0.25) is 0 Å². The molecule has 3 N–H and O–H groups in total. The molecular weight excluding hydrogens is 440 g/mol. The first-order valence-corrected chi connectivity index (χ1v) is 11.7. The van der Waals surface area contributed by atoms with E-state index in [2.05, 4.69) is 43.3 Å². The highest BCUT2D eigenvalue weighted by Gasteiger charge is 2.21. The molecule has 0 bridgehead atoms. The number of fused-ring (bicyclic) bond motifs is 1. The maximum absolute atomic E-state index is 13.4. The van der Waals surface area contributed by atoms with Crippen molar-refractivity contribution in [3.05, 3.63) is 82.3 Å². The summed E-state index contributed by atoms with van der Waals surface area (Å²) < 4.78 is 1.43. The number of aromatic hydroxyl groups is 1. The van der Waals surface area contributed by atoms with Crippen molar-refractivity contribution in [3.63, 3.8) is 0 Å². The number of phenols is 1. The summed E-state index contributed by atoms with van der Waals surface area (Å²) in [6, 6.07) is 15.7. The van der Waals surface area contributed by atoms with Crippen LogP contribution in [-0.2, 0) is 7.05 Å². The molecule has 0 spiro atoms. The average molecular weight is 471 g/mol. The Morgan fingerprint density at radius 3 is 2.09 bits per heavy atom. The summed E-state index contributed by atoms with van der Waals surface area (Å²) in [5.41, 5.74) is 4.31. The average Bonchev–Trinajstić information content (AvgIpc) is 2.83. The Labute approximate surface area is 204 Å². The van der Waals surface area contributed by atoms with Gasteiger partial charge in [-0.05, 0) is 52.8 Å². The second kappa shape index (κ2) is 9.62. The number of hydrogen-bond acceptors (Lipinski definition) is 4. The van der Waals surface area contributed by atoms with E-state index >= 15 is 0 Å². The molecule has 2 amide bonds. The number of rotatable bonds is 5. The molecule has 0 aliphatic rings. The lowest BCUT2D eigenvalue weighted by atomic mass is 9.93. The molecule has 0 radical (unpaired) electrons. The van der Waals surface area contributed by atoms with Crippen molar-refractivity contribution in [2.24, 2.45) is 7.05 Å². The van der Waals surface area contributed by atoms with Gasteiger partial charge in [-0.15, -0.1) is 0 Å². The maximum atomic E-state index is 13.4. The quantitative estimate of drug-likeness (QED) is 0.324. The summed E-state index contributed by atoms with van der Waals surface area (Å²) in [5, 5.41) is 16.3. The number of aryl methyl sites for hydroxylation is 1. The number of nitrogens with one attached hydrogen (secondary N) is 2. The van der Waals surface area contributed by atoms with Gasteiger partial charge in [-0.3, -0.25) is 9.36 Å². The number of nitrogens with zero attached hydrogens (tertiary/aromatic N) is 2. The van der Waals surface area contributed by atoms with Crippen LogP contribution in [0.15, 0.2) is 65.6 Å². The third kappa shape index (κ3) is 4.62. The number of urea groups is 1. The molecule has 4 rings (SSSR count). The Morgan fingerprint density at radius 2 is 1.49 bits per heavy atom. The van der Waals surface area contributed by atoms with Gasteiger partial charge < -0.3 is 15.7 Å². The van der Waals surface area contributed by atoms with Gasteiger partial charge in [-0.1, -0.05) is 58.0 Å². The van der Waals surface area contributed by atoms with Crippen molar-refractivity contribution in [2.45, 2.75) is 39.5 Å². The summed E-state index contributed by atoms with van der Waals surface area (Å²) >= 11 is 0. The van der Waals surface area contributed by atoms with E-state index in [1.165, 1.54) is 4.57 Å². The van der Waals surface area contributed by atoms with E-state index in [0.29, 0.717) is 22.2 Å². The van der Waals surface area contributed by atoms with Crippen molar-refractivity contribution in [3.8, 4) is 16.9 Å². The lowest BCUT2D eigenvalue weighted by Crippen LogP contribution is -2.29. The van der Waals surface area contributed by atoms with Crippen LogP contribution < -0.4 is 16.2 Å². The van der Waals surface area contributed by atoms with Gasteiger partial charge in [0.15, 0.2) is 0 Å². The fourth-order valence-corrected chi connectivity index (χ4v) is 4.36. The van der Waals surface area contributed by atoms with Gasteiger partial charge >= 0.3 is 6.03 Å². The van der Waals surface area contributed by atoms with Crippen LogP contribution in [0, 0.1) is 0 Å². The largest absolute Gasteiger partial charge is 0.508 e. The fourth-order valence-electron chi connectivity index (χ4n) is 4.36. The van der Waals surface area contributed by atoms with E-state index in [1.807, 2.05) is 24.3 Å². The Hall–Kier alpha value is -4.13. The number of carbonyl (C=O) groups is 1. The lowest BCUT2D eigenvalue weighted by Gasteiger charge is -2.21. The van der Waals surface area contributed by atoms with Gasteiger partial charge in [0.05, 0.1) is 0 Å². The Morgan fingerprint density at radius 1 is 0.886 bits per heavy atom. The standard InChI is InChI=1S/C28H30N4O3/c1-16(2)20-8-6-9-21(17(3)4)24(20)30-28(35)31-25-23(18-11-13-19(33)14-12-18)22-10-7-15-29-26(22)32(5)27(25)34/h6-17,33H,1-5H3,(H2,30,31,35). The molecule has 0 atom stereocenters. The van der Waals surface area contributed by atoms with Gasteiger partial charge in [0.25, 0.3) is 5.56 Å². The summed E-state index contributed by atoms with van der Waals surface area (Å²) in [7, 11) is 1.63. The monoisotopic (exact) mass is 470 g/mol. The third-order valence-electron chi connectivity index (χ3n) is 6.15. The van der Waals surface area contributed by atoms with Crippen LogP contribution in [0.1, 0.15) is 50.7 Å². The number of pyridine rings is 2. The number of benzene rings is 2. The van der Waals surface area contributed by atoms with Crippen molar-refractivity contribution in [2.75, 3.05) is 10.6 Å². The van der Waals surface area contributed by atoms with Crippen molar-refractivity contribution >= 4 is 28.4 Å². The van der Waals surface area contributed by atoms with E-state index < -0.39 is 6.03 Å². The molecule has 35 heavy (non-hydrogen) atoms. The van der Waals surface area contributed by atoms with Crippen LogP contribution in [0.25, 0.3) is 22.2 Å². The molecule has 7 nitrogen and oxygen atoms in total. The zero-order chi connectivity index (χ0) is 25.3. The second-order valence-corrected chi connectivity index (χ2v) is 9.24. The number of hydrogen-bond donors (Lipinski definition) is 3. The molecule has 7 heteroatoms. The Balaban J connectivity index is 1.84. The maximum Gasteiger partial charge on any atom is 0.323 e. The highest BCUT2D eigenvalue weighted by atomic mass is 16.3. The first kappa shape index (κ1) is 24.0. The summed E-state index contributed by atoms with van der Waals surface area (Å²) in [6.45, 7) is 8.32. The van der Waals surface area contributed by atoms with Crippen molar-refractivity contribution < 1.29 is 9.90 Å². The van der Waals surface area contributed by atoms with E-state index in [4.69, 9.17) is 0 Å². The molecule has 4 aromatic rings. The van der Waals surface area contributed by atoms with Gasteiger partial charge in [-0.25, -0.2) is 9.78 Å². The summed E-state index contributed by atoms with van der Waals surface area (Å²) in [5.74, 6) is 0.520. The molecule has 0 saturated heterocycles. The predicted octanol–water partition coefficient (Wildman–Crippen LogP) is 6.20. The summed E-state index contributed by atoms with van der Waals surface area (Å²) in [4.78, 5) is 31.1. The zero-order valence-electron chi connectivity index (χ0n) is 20.6. The normalized spacial score (nSPS) is 11.3. The van der Waals surface area contributed by atoms with Gasteiger partial charge in [0.2, 0.25) is 0 Å². The van der Waals surface area contributed by atoms with Crippen LogP contribution in [-0.4, -0.2) is 20.7 Å². The van der Waals surface area contributed by atoms with Gasteiger partial charge in [-0.2, -0.15) is 0 Å². The minimum Gasteiger partial charge on any atom is -0.508 e. The molecule has 2 aromatic carbocycles. The highest BCUT2D eigenvalue weighted by molar-refractivity contribution is 6.07. The van der Waals surface area contributed by atoms with Gasteiger partial charge in [0.1, 0.15) is 17.1 Å². The SMILES string of the molecule is CC(C)c1cccc(C(C)C)c1NC(=O)Nc1c(-c2ccc(O)cc2)c2cccnc2n(C)c1=O. The topological polar surface area (TPSA) is 96.2 Å². The van der Waals surface area contributed by atoms with Crippen LogP contribution in [0.3, 0.4) is 0 Å². The number of para-hydroxylation sites is 1. The van der Waals surface area contributed by atoms with E-state index in [1.54, 1.807) is 43.6 Å². The molecule has 0 saturated carbocycles. The Kier molecular flexibility index (Phi) is 6.60. The minimum atomic E-state index is -0.500. The first-order chi connectivity index (χ1) is 16.7. The van der Waals surface area contributed by atoms with Crippen molar-refractivity contribution in [1.82, 2.24) is 9.55 Å². The van der Waals surface area contributed by atoms with E-state index in [9.17, 15) is 14.7 Å². The molecule has 0 fully saturated rings. The molecule has 2 aromatic heterocycles. The first-order valence-electron chi connectivity index (χ1n) is 11.7.